The standard InChI is InChI=1S/C13H17N5O2/c1-3-9(2)20-12-6-10(4-5-14-12)13(19)15-7-11-16-8-17-18-11/h4-6,8-9H,3,7H2,1-2H3,(H,15,19)(H,16,17,18)/t9-/m0/s1. The zero-order valence-electron chi connectivity index (χ0n) is 11.5. The summed E-state index contributed by atoms with van der Waals surface area (Å²) in [5, 5.41) is 9.13. The number of hydrogen-bond donors (Lipinski definition) is 2. The van der Waals surface area contributed by atoms with Crippen LogP contribution in [0.5, 0.6) is 5.88 Å². The SMILES string of the molecule is CC[C@H](C)Oc1cc(C(=O)NCc2ncn[nH]2)ccn1. The predicted molar refractivity (Wildman–Crippen MR) is 72.2 cm³/mol. The lowest BCUT2D eigenvalue weighted by molar-refractivity contribution is 0.0948. The third-order valence-electron chi connectivity index (χ3n) is 2.78. The number of aromatic nitrogens is 4. The van der Waals surface area contributed by atoms with Crippen molar-refractivity contribution in [3.63, 3.8) is 0 Å². The van der Waals surface area contributed by atoms with Gasteiger partial charge in [-0.25, -0.2) is 9.97 Å². The summed E-state index contributed by atoms with van der Waals surface area (Å²) in [6.07, 6.45) is 3.89. The molecular weight excluding hydrogens is 258 g/mol. The molecule has 0 aliphatic carbocycles. The van der Waals surface area contributed by atoms with Gasteiger partial charge in [0.2, 0.25) is 5.88 Å². The Kier molecular flexibility index (Phi) is 4.65. The Morgan fingerprint density at radius 1 is 1.50 bits per heavy atom. The quantitative estimate of drug-likeness (QED) is 0.829. The van der Waals surface area contributed by atoms with Crippen LogP contribution in [-0.4, -0.2) is 32.2 Å². The summed E-state index contributed by atoms with van der Waals surface area (Å²) in [6, 6.07) is 3.26. The van der Waals surface area contributed by atoms with Crippen LogP contribution in [0, 0.1) is 0 Å². The molecule has 0 saturated heterocycles. The van der Waals surface area contributed by atoms with Crippen LogP contribution >= 0.6 is 0 Å². The van der Waals surface area contributed by atoms with Crippen molar-refractivity contribution in [3.05, 3.63) is 36.0 Å². The molecule has 20 heavy (non-hydrogen) atoms. The van der Waals surface area contributed by atoms with Crippen LogP contribution in [0.4, 0.5) is 0 Å². The Labute approximate surface area is 116 Å². The lowest BCUT2D eigenvalue weighted by Crippen LogP contribution is -2.23. The van der Waals surface area contributed by atoms with Gasteiger partial charge in [0.25, 0.3) is 5.91 Å². The third-order valence-corrected chi connectivity index (χ3v) is 2.78. The number of aromatic amines is 1. The summed E-state index contributed by atoms with van der Waals surface area (Å²) in [5.41, 5.74) is 0.498. The van der Waals surface area contributed by atoms with E-state index in [1.807, 2.05) is 13.8 Å². The van der Waals surface area contributed by atoms with E-state index in [4.69, 9.17) is 4.74 Å². The zero-order chi connectivity index (χ0) is 14.4. The van der Waals surface area contributed by atoms with Gasteiger partial charge in [-0.3, -0.25) is 9.89 Å². The molecule has 0 aliphatic rings. The molecule has 0 saturated carbocycles. The Morgan fingerprint density at radius 3 is 3.05 bits per heavy atom. The summed E-state index contributed by atoms with van der Waals surface area (Å²) in [5.74, 6) is 0.841. The normalized spacial score (nSPS) is 11.9. The van der Waals surface area contributed by atoms with E-state index >= 15 is 0 Å². The predicted octanol–water partition coefficient (Wildman–Crippen LogP) is 1.31. The zero-order valence-corrected chi connectivity index (χ0v) is 11.5. The van der Waals surface area contributed by atoms with Crippen molar-refractivity contribution >= 4 is 5.91 Å². The van der Waals surface area contributed by atoms with Gasteiger partial charge in [-0.15, -0.1) is 0 Å². The monoisotopic (exact) mass is 275 g/mol. The minimum Gasteiger partial charge on any atom is -0.475 e. The van der Waals surface area contributed by atoms with E-state index in [9.17, 15) is 4.79 Å². The first-order chi connectivity index (χ1) is 9.69. The number of carbonyl (C=O) groups excluding carboxylic acids is 1. The highest BCUT2D eigenvalue weighted by Crippen LogP contribution is 2.12. The highest BCUT2D eigenvalue weighted by Gasteiger charge is 2.09. The molecule has 1 amide bonds. The van der Waals surface area contributed by atoms with Crippen LogP contribution < -0.4 is 10.1 Å². The molecule has 2 aromatic rings. The van der Waals surface area contributed by atoms with Gasteiger partial charge in [0.15, 0.2) is 0 Å². The van der Waals surface area contributed by atoms with Crippen molar-refractivity contribution in [1.29, 1.82) is 0 Å². The van der Waals surface area contributed by atoms with Crippen LogP contribution in [0.3, 0.4) is 0 Å². The van der Waals surface area contributed by atoms with E-state index in [1.165, 1.54) is 6.33 Å². The van der Waals surface area contributed by atoms with Crippen molar-refractivity contribution < 1.29 is 9.53 Å². The number of H-pyrrole nitrogens is 1. The molecule has 0 aromatic carbocycles. The highest BCUT2D eigenvalue weighted by atomic mass is 16.5. The second-order valence-corrected chi connectivity index (χ2v) is 4.33. The maximum absolute atomic E-state index is 12.0. The molecule has 0 unspecified atom stereocenters. The topological polar surface area (TPSA) is 92.8 Å². The van der Waals surface area contributed by atoms with Crippen molar-refractivity contribution in [1.82, 2.24) is 25.5 Å². The van der Waals surface area contributed by atoms with Crippen LogP contribution in [0.15, 0.2) is 24.7 Å². The first kappa shape index (κ1) is 14.0. The van der Waals surface area contributed by atoms with Crippen LogP contribution in [0.2, 0.25) is 0 Å². The number of nitrogens with zero attached hydrogens (tertiary/aromatic N) is 3. The van der Waals surface area contributed by atoms with Crippen LogP contribution in [-0.2, 0) is 6.54 Å². The van der Waals surface area contributed by atoms with E-state index in [0.717, 1.165) is 6.42 Å². The van der Waals surface area contributed by atoms with Crippen molar-refractivity contribution in [2.45, 2.75) is 32.9 Å². The summed E-state index contributed by atoms with van der Waals surface area (Å²) in [4.78, 5) is 20.0. The number of nitrogens with one attached hydrogen (secondary N) is 2. The number of amides is 1. The van der Waals surface area contributed by atoms with E-state index < -0.39 is 0 Å². The van der Waals surface area contributed by atoms with Crippen LogP contribution in [0.25, 0.3) is 0 Å². The van der Waals surface area contributed by atoms with E-state index in [1.54, 1.807) is 18.3 Å². The number of carbonyl (C=O) groups is 1. The van der Waals surface area contributed by atoms with Crippen molar-refractivity contribution in [2.75, 3.05) is 0 Å². The third kappa shape index (κ3) is 3.78. The van der Waals surface area contributed by atoms with Crippen molar-refractivity contribution in [2.24, 2.45) is 0 Å². The summed E-state index contributed by atoms with van der Waals surface area (Å²) in [6.45, 7) is 4.28. The fourth-order valence-corrected chi connectivity index (χ4v) is 1.49. The number of pyridine rings is 1. The van der Waals surface area contributed by atoms with Gasteiger partial charge in [0, 0.05) is 17.8 Å². The molecule has 0 radical (unpaired) electrons. The van der Waals surface area contributed by atoms with Crippen molar-refractivity contribution in [3.8, 4) is 5.88 Å². The molecular formula is C13H17N5O2. The molecule has 0 bridgehead atoms. The summed E-state index contributed by atoms with van der Waals surface area (Å²) in [7, 11) is 0. The van der Waals surface area contributed by atoms with Crippen LogP contribution in [0.1, 0.15) is 36.5 Å². The maximum atomic E-state index is 12.0. The number of hydrogen-bond acceptors (Lipinski definition) is 5. The van der Waals surface area contributed by atoms with Gasteiger partial charge in [-0.2, -0.15) is 5.10 Å². The average molecular weight is 275 g/mol. The Morgan fingerprint density at radius 2 is 2.35 bits per heavy atom. The molecule has 0 fully saturated rings. The second kappa shape index (κ2) is 6.65. The fraction of sp³-hybridized carbons (Fsp3) is 0.385. The molecule has 1 atom stereocenters. The molecule has 2 aromatic heterocycles. The summed E-state index contributed by atoms with van der Waals surface area (Å²) < 4.78 is 5.59. The van der Waals surface area contributed by atoms with Gasteiger partial charge in [0.1, 0.15) is 12.2 Å². The molecule has 2 heterocycles. The highest BCUT2D eigenvalue weighted by molar-refractivity contribution is 5.94. The van der Waals surface area contributed by atoms with E-state index in [2.05, 4.69) is 25.5 Å². The van der Waals surface area contributed by atoms with Gasteiger partial charge < -0.3 is 10.1 Å². The molecule has 0 spiro atoms. The Hall–Kier alpha value is -2.44. The Bertz CT molecular complexity index is 556. The smallest absolute Gasteiger partial charge is 0.251 e. The largest absolute Gasteiger partial charge is 0.475 e. The van der Waals surface area contributed by atoms with Gasteiger partial charge in [-0.05, 0) is 19.4 Å². The molecule has 2 rings (SSSR count). The van der Waals surface area contributed by atoms with E-state index in [-0.39, 0.29) is 12.0 Å². The molecule has 2 N–H and O–H groups in total. The van der Waals surface area contributed by atoms with Gasteiger partial charge in [-0.1, -0.05) is 6.92 Å². The molecule has 7 heteroatoms. The lowest BCUT2D eigenvalue weighted by Gasteiger charge is -2.12. The second-order valence-electron chi connectivity index (χ2n) is 4.33. The average Bonchev–Trinajstić information content (AvgIpc) is 2.98. The first-order valence-electron chi connectivity index (χ1n) is 6.44. The van der Waals surface area contributed by atoms with Gasteiger partial charge in [0.05, 0.1) is 12.6 Å². The molecule has 0 aliphatic heterocycles. The lowest BCUT2D eigenvalue weighted by atomic mass is 10.2. The summed E-state index contributed by atoms with van der Waals surface area (Å²) >= 11 is 0. The minimum atomic E-state index is -0.210. The number of rotatable bonds is 6. The number of ether oxygens (including phenoxy) is 1. The van der Waals surface area contributed by atoms with E-state index in [0.29, 0.717) is 23.8 Å². The fourth-order valence-electron chi connectivity index (χ4n) is 1.49. The maximum Gasteiger partial charge on any atom is 0.251 e. The minimum absolute atomic E-state index is 0.0648. The Balaban J connectivity index is 1.97. The molecule has 7 nitrogen and oxygen atoms in total. The van der Waals surface area contributed by atoms with Gasteiger partial charge >= 0.3 is 0 Å². The molecule has 106 valence electrons. The first-order valence-corrected chi connectivity index (χ1v) is 6.44.